The molecule has 2 rings (SSSR count). The predicted molar refractivity (Wildman–Crippen MR) is 73.6 cm³/mol. The van der Waals surface area contributed by atoms with E-state index < -0.39 is 0 Å². The van der Waals surface area contributed by atoms with Crippen molar-refractivity contribution in [1.29, 1.82) is 0 Å². The van der Waals surface area contributed by atoms with Gasteiger partial charge in [0.25, 0.3) is 0 Å². The Hall–Kier alpha value is -1.28. The van der Waals surface area contributed by atoms with Crippen molar-refractivity contribution in [3.8, 4) is 0 Å². The minimum Gasteiger partial charge on any atom is -0.324 e. The Labute approximate surface area is 107 Å². The Morgan fingerprint density at radius 2 is 2.12 bits per heavy atom. The maximum Gasteiger partial charge on any atom is 0.115 e. The van der Waals surface area contributed by atoms with E-state index in [0.717, 1.165) is 28.4 Å². The van der Waals surface area contributed by atoms with Crippen LogP contribution in [0.1, 0.15) is 26.6 Å². The number of aromatic nitrogens is 2. The Balaban J connectivity index is 2.74. The van der Waals surface area contributed by atoms with Crippen LogP contribution in [0.25, 0.3) is 11.0 Å². The highest BCUT2D eigenvalue weighted by molar-refractivity contribution is 6.31. The average Bonchev–Trinajstić information content (AvgIpc) is 2.56. The van der Waals surface area contributed by atoms with Crippen LogP contribution in [-0.4, -0.2) is 9.55 Å². The number of rotatable bonds is 2. The SMILES string of the molecule is C=CCn1c(C(C)(C)C)nc2cc(Cl)ccc21. The average molecular weight is 249 g/mol. The summed E-state index contributed by atoms with van der Waals surface area (Å²) in [5.74, 6) is 1.06. The van der Waals surface area contributed by atoms with Gasteiger partial charge in [-0.3, -0.25) is 0 Å². The van der Waals surface area contributed by atoms with Crippen LogP contribution in [0, 0.1) is 0 Å². The van der Waals surface area contributed by atoms with Crippen LogP contribution in [0.2, 0.25) is 5.02 Å². The molecular formula is C14H17ClN2. The molecule has 0 fully saturated rings. The number of allylic oxidation sites excluding steroid dienone is 1. The summed E-state index contributed by atoms with van der Waals surface area (Å²) in [4.78, 5) is 4.69. The van der Waals surface area contributed by atoms with E-state index in [1.54, 1.807) is 0 Å². The number of fused-ring (bicyclic) bond motifs is 1. The molecule has 1 heterocycles. The number of imidazole rings is 1. The summed E-state index contributed by atoms with van der Waals surface area (Å²) in [6.07, 6.45) is 1.89. The lowest BCUT2D eigenvalue weighted by molar-refractivity contribution is 0.518. The Kier molecular flexibility index (Phi) is 3.00. The van der Waals surface area contributed by atoms with Gasteiger partial charge in [0.2, 0.25) is 0 Å². The Bertz CT molecular complexity index is 561. The van der Waals surface area contributed by atoms with Crippen LogP contribution >= 0.6 is 11.6 Å². The van der Waals surface area contributed by atoms with Crippen LogP contribution in [0.5, 0.6) is 0 Å². The summed E-state index contributed by atoms with van der Waals surface area (Å²) in [7, 11) is 0. The second-order valence-corrected chi connectivity index (χ2v) is 5.65. The molecular weight excluding hydrogens is 232 g/mol. The van der Waals surface area contributed by atoms with Gasteiger partial charge in [0.15, 0.2) is 0 Å². The molecule has 1 aromatic carbocycles. The Morgan fingerprint density at radius 1 is 1.41 bits per heavy atom. The topological polar surface area (TPSA) is 17.8 Å². The van der Waals surface area contributed by atoms with E-state index in [9.17, 15) is 0 Å². The molecule has 0 N–H and O–H groups in total. The molecule has 90 valence electrons. The van der Waals surface area contributed by atoms with Crippen LogP contribution < -0.4 is 0 Å². The van der Waals surface area contributed by atoms with Gasteiger partial charge in [0.1, 0.15) is 5.82 Å². The normalized spacial score (nSPS) is 12.0. The number of hydrogen-bond donors (Lipinski definition) is 0. The van der Waals surface area contributed by atoms with Crippen molar-refractivity contribution in [2.24, 2.45) is 0 Å². The summed E-state index contributed by atoms with van der Waals surface area (Å²) in [6, 6.07) is 5.83. The highest BCUT2D eigenvalue weighted by atomic mass is 35.5. The molecule has 2 aromatic rings. The van der Waals surface area contributed by atoms with Crippen LogP contribution in [-0.2, 0) is 12.0 Å². The van der Waals surface area contributed by atoms with Crippen molar-refractivity contribution in [3.05, 3.63) is 41.7 Å². The second kappa shape index (κ2) is 4.19. The molecule has 0 aliphatic carbocycles. The number of nitrogens with zero attached hydrogens (tertiary/aromatic N) is 2. The van der Waals surface area contributed by atoms with Crippen molar-refractivity contribution < 1.29 is 0 Å². The molecule has 0 unspecified atom stereocenters. The van der Waals surface area contributed by atoms with Crippen molar-refractivity contribution >= 4 is 22.6 Å². The maximum atomic E-state index is 6.00. The summed E-state index contributed by atoms with van der Waals surface area (Å²) in [6.45, 7) is 11.1. The fraction of sp³-hybridized carbons (Fsp3) is 0.357. The van der Waals surface area contributed by atoms with Gasteiger partial charge in [-0.05, 0) is 18.2 Å². The summed E-state index contributed by atoms with van der Waals surface area (Å²) >= 11 is 6.00. The zero-order chi connectivity index (χ0) is 12.6. The summed E-state index contributed by atoms with van der Waals surface area (Å²) < 4.78 is 2.19. The number of benzene rings is 1. The van der Waals surface area contributed by atoms with Gasteiger partial charge in [-0.25, -0.2) is 4.98 Å². The molecule has 0 bridgehead atoms. The molecule has 0 atom stereocenters. The third kappa shape index (κ3) is 2.22. The lowest BCUT2D eigenvalue weighted by atomic mass is 9.95. The Morgan fingerprint density at radius 3 is 2.71 bits per heavy atom. The predicted octanol–water partition coefficient (Wildman–Crippen LogP) is 4.17. The highest BCUT2D eigenvalue weighted by Crippen LogP contribution is 2.27. The smallest absolute Gasteiger partial charge is 0.115 e. The van der Waals surface area contributed by atoms with Gasteiger partial charge in [-0.1, -0.05) is 38.4 Å². The molecule has 0 aliphatic heterocycles. The maximum absolute atomic E-state index is 6.00. The highest BCUT2D eigenvalue weighted by Gasteiger charge is 2.22. The minimum atomic E-state index is 0.00844. The van der Waals surface area contributed by atoms with Gasteiger partial charge in [0, 0.05) is 17.0 Å². The second-order valence-electron chi connectivity index (χ2n) is 5.22. The molecule has 17 heavy (non-hydrogen) atoms. The van der Waals surface area contributed by atoms with Gasteiger partial charge < -0.3 is 4.57 Å². The lowest BCUT2D eigenvalue weighted by Crippen LogP contribution is -2.18. The molecule has 2 nitrogen and oxygen atoms in total. The first-order chi connectivity index (χ1) is 7.93. The third-order valence-corrected chi connectivity index (χ3v) is 2.93. The van der Waals surface area contributed by atoms with E-state index in [4.69, 9.17) is 16.6 Å². The molecule has 0 radical (unpaired) electrons. The van der Waals surface area contributed by atoms with Crippen molar-refractivity contribution in [3.63, 3.8) is 0 Å². The van der Waals surface area contributed by atoms with E-state index in [1.807, 2.05) is 24.3 Å². The first-order valence-corrected chi connectivity index (χ1v) is 6.08. The largest absolute Gasteiger partial charge is 0.324 e. The molecule has 3 heteroatoms. The molecule has 0 amide bonds. The van der Waals surface area contributed by atoms with Gasteiger partial charge in [-0.15, -0.1) is 6.58 Å². The summed E-state index contributed by atoms with van der Waals surface area (Å²) in [5.41, 5.74) is 2.07. The monoisotopic (exact) mass is 248 g/mol. The van der Waals surface area contributed by atoms with E-state index in [0.29, 0.717) is 0 Å². The molecule has 0 spiro atoms. The van der Waals surface area contributed by atoms with Crippen LogP contribution in [0.3, 0.4) is 0 Å². The molecule has 0 saturated heterocycles. The van der Waals surface area contributed by atoms with E-state index in [-0.39, 0.29) is 5.41 Å². The molecule has 0 saturated carbocycles. The van der Waals surface area contributed by atoms with Crippen LogP contribution in [0.15, 0.2) is 30.9 Å². The molecule has 0 aliphatic rings. The number of hydrogen-bond acceptors (Lipinski definition) is 1. The van der Waals surface area contributed by atoms with Gasteiger partial charge in [-0.2, -0.15) is 0 Å². The summed E-state index contributed by atoms with van der Waals surface area (Å²) in [5, 5.41) is 0.723. The molecule has 1 aromatic heterocycles. The van der Waals surface area contributed by atoms with Crippen molar-refractivity contribution in [2.75, 3.05) is 0 Å². The standard InChI is InChI=1S/C14H17ClN2/c1-5-8-17-12-7-6-10(15)9-11(12)16-13(17)14(2,3)4/h5-7,9H,1,8H2,2-4H3. The minimum absolute atomic E-state index is 0.00844. The zero-order valence-corrected chi connectivity index (χ0v) is 11.3. The third-order valence-electron chi connectivity index (χ3n) is 2.69. The zero-order valence-electron chi connectivity index (χ0n) is 10.5. The van der Waals surface area contributed by atoms with E-state index in [1.165, 1.54) is 0 Å². The van der Waals surface area contributed by atoms with E-state index >= 15 is 0 Å². The van der Waals surface area contributed by atoms with Crippen LogP contribution in [0.4, 0.5) is 0 Å². The van der Waals surface area contributed by atoms with E-state index in [2.05, 4.69) is 31.9 Å². The fourth-order valence-corrected chi connectivity index (χ4v) is 2.16. The first kappa shape index (κ1) is 12.2. The fourth-order valence-electron chi connectivity index (χ4n) is 1.99. The van der Waals surface area contributed by atoms with Crippen molar-refractivity contribution in [1.82, 2.24) is 9.55 Å². The van der Waals surface area contributed by atoms with Crippen molar-refractivity contribution in [2.45, 2.75) is 32.7 Å². The first-order valence-electron chi connectivity index (χ1n) is 5.70. The van der Waals surface area contributed by atoms with Gasteiger partial charge >= 0.3 is 0 Å². The quantitative estimate of drug-likeness (QED) is 0.730. The lowest BCUT2D eigenvalue weighted by Gasteiger charge is -2.19. The van der Waals surface area contributed by atoms with Gasteiger partial charge in [0.05, 0.1) is 11.0 Å². The number of halogens is 1.